The quantitative estimate of drug-likeness (QED) is 0.143. The molecule has 0 amide bonds. The maximum atomic E-state index is 14.6. The van der Waals surface area contributed by atoms with Gasteiger partial charge in [0.2, 0.25) is 0 Å². The van der Waals surface area contributed by atoms with E-state index >= 15 is 0 Å². The van der Waals surface area contributed by atoms with Crippen LogP contribution >= 0.6 is 0 Å². The number of ketones is 3. The van der Waals surface area contributed by atoms with Crippen LogP contribution in [0.25, 0.3) is 43.1 Å². The molecule has 0 atom stereocenters. The normalized spacial score (nSPS) is 11.3. The molecule has 8 aromatic carbocycles. The molecule has 0 aromatic heterocycles. The molecule has 0 unspecified atom stereocenters. The summed E-state index contributed by atoms with van der Waals surface area (Å²) in [7, 11) is 0. The molecular formula is C43H26O3. The van der Waals surface area contributed by atoms with Crippen LogP contribution in [0.1, 0.15) is 47.8 Å². The van der Waals surface area contributed by atoms with Crippen LogP contribution in [0, 0.1) is 0 Å². The summed E-state index contributed by atoms with van der Waals surface area (Å²) in [5.74, 6) is -0.987. The lowest BCUT2D eigenvalue weighted by atomic mass is 9.82. The largest absolute Gasteiger partial charge is 0.289 e. The van der Waals surface area contributed by atoms with Gasteiger partial charge in [-0.15, -0.1) is 0 Å². The van der Waals surface area contributed by atoms with Gasteiger partial charge in [-0.05, 0) is 85.6 Å². The number of rotatable bonds is 6. The Balaban J connectivity index is 1.49. The Labute approximate surface area is 265 Å². The fraction of sp³-hybridized carbons (Fsp3) is 0. The smallest absolute Gasteiger partial charge is 0.194 e. The zero-order valence-electron chi connectivity index (χ0n) is 24.7. The van der Waals surface area contributed by atoms with Crippen molar-refractivity contribution in [2.45, 2.75) is 0 Å². The first-order chi connectivity index (χ1) is 22.5. The van der Waals surface area contributed by atoms with Gasteiger partial charge in [-0.25, -0.2) is 0 Å². The molecule has 0 fully saturated rings. The second-order valence-electron chi connectivity index (χ2n) is 11.6. The average Bonchev–Trinajstić information content (AvgIpc) is 3.11. The second-order valence-corrected chi connectivity index (χ2v) is 11.6. The average molecular weight is 591 g/mol. The van der Waals surface area contributed by atoms with Gasteiger partial charge >= 0.3 is 0 Å². The molecule has 0 saturated heterocycles. The van der Waals surface area contributed by atoms with Gasteiger partial charge in [-0.2, -0.15) is 0 Å². The third kappa shape index (κ3) is 4.66. The summed E-state index contributed by atoms with van der Waals surface area (Å²) in [6.45, 7) is 0. The van der Waals surface area contributed by atoms with E-state index in [-0.39, 0.29) is 34.0 Å². The number of benzene rings is 8. The van der Waals surface area contributed by atoms with E-state index in [2.05, 4.69) is 36.4 Å². The molecule has 0 spiro atoms. The molecule has 0 aliphatic rings. The first-order valence-electron chi connectivity index (χ1n) is 15.2. The van der Waals surface area contributed by atoms with Crippen molar-refractivity contribution in [1.82, 2.24) is 0 Å². The molecule has 0 saturated carbocycles. The molecule has 46 heavy (non-hydrogen) atoms. The van der Waals surface area contributed by atoms with Gasteiger partial charge < -0.3 is 0 Å². The Bertz CT molecular complexity index is 2500. The van der Waals surface area contributed by atoms with Crippen LogP contribution in [0.2, 0.25) is 0 Å². The first kappa shape index (κ1) is 27.4. The molecule has 8 rings (SSSR count). The Hall–Kier alpha value is -6.19. The summed E-state index contributed by atoms with van der Waals surface area (Å²) >= 11 is 0. The third-order valence-electron chi connectivity index (χ3n) is 8.72. The highest BCUT2D eigenvalue weighted by Crippen LogP contribution is 2.36. The molecular weight excluding hydrogens is 564 g/mol. The van der Waals surface area contributed by atoms with E-state index in [0.717, 1.165) is 37.7 Å². The molecule has 0 heterocycles. The molecule has 0 N–H and O–H groups in total. The number of hydrogen-bond acceptors (Lipinski definition) is 3. The fourth-order valence-electron chi connectivity index (χ4n) is 6.46. The Kier molecular flexibility index (Phi) is 6.58. The summed E-state index contributed by atoms with van der Waals surface area (Å²) in [4.78, 5) is 43.3. The van der Waals surface area contributed by atoms with Gasteiger partial charge in [0.05, 0.1) is 0 Å². The van der Waals surface area contributed by atoms with Gasteiger partial charge in [-0.3, -0.25) is 14.4 Å². The van der Waals surface area contributed by atoms with Crippen molar-refractivity contribution < 1.29 is 14.4 Å². The summed E-state index contributed by atoms with van der Waals surface area (Å²) in [5.41, 5.74) is 1.86. The summed E-state index contributed by atoms with van der Waals surface area (Å²) in [6.07, 6.45) is 0. The molecule has 0 aliphatic heterocycles. The second kappa shape index (κ2) is 11.1. The maximum Gasteiger partial charge on any atom is 0.194 e. The zero-order chi connectivity index (χ0) is 31.2. The van der Waals surface area contributed by atoms with E-state index < -0.39 is 0 Å². The molecule has 8 aromatic rings. The lowest BCUT2D eigenvalue weighted by molar-refractivity contribution is 0.0992. The number of carbonyl (C=O) groups is 3. The van der Waals surface area contributed by atoms with Gasteiger partial charge in [0.15, 0.2) is 17.3 Å². The monoisotopic (exact) mass is 590 g/mol. The van der Waals surface area contributed by atoms with Crippen LogP contribution in [0.4, 0.5) is 0 Å². The summed E-state index contributed by atoms with van der Waals surface area (Å²) in [5, 5.41) is 7.76. The fourth-order valence-corrected chi connectivity index (χ4v) is 6.46. The van der Waals surface area contributed by atoms with Gasteiger partial charge in [0, 0.05) is 33.4 Å². The molecule has 0 aliphatic carbocycles. The van der Waals surface area contributed by atoms with Crippen LogP contribution in [0.5, 0.6) is 0 Å². The van der Waals surface area contributed by atoms with E-state index in [1.54, 1.807) is 78.9 Å². The van der Waals surface area contributed by atoms with E-state index in [1.165, 1.54) is 0 Å². The Morgan fingerprint density at radius 3 is 1.17 bits per heavy atom. The van der Waals surface area contributed by atoms with E-state index in [4.69, 9.17) is 0 Å². The van der Waals surface area contributed by atoms with Crippen LogP contribution in [-0.4, -0.2) is 17.3 Å². The molecule has 216 valence electrons. The van der Waals surface area contributed by atoms with Crippen LogP contribution in [-0.2, 0) is 0 Å². The van der Waals surface area contributed by atoms with Crippen LogP contribution in [0.15, 0.2) is 158 Å². The van der Waals surface area contributed by atoms with Crippen molar-refractivity contribution in [2.75, 3.05) is 0 Å². The van der Waals surface area contributed by atoms with Gasteiger partial charge in [0.1, 0.15) is 0 Å². The lowest BCUT2D eigenvalue weighted by Crippen LogP contribution is -2.18. The highest BCUT2D eigenvalue weighted by Gasteiger charge is 2.29. The molecule has 0 bridgehead atoms. The van der Waals surface area contributed by atoms with Crippen molar-refractivity contribution in [2.24, 2.45) is 0 Å². The zero-order valence-corrected chi connectivity index (χ0v) is 24.7. The minimum Gasteiger partial charge on any atom is -0.289 e. The molecule has 3 nitrogen and oxygen atoms in total. The molecule has 3 heteroatoms. The predicted molar refractivity (Wildman–Crippen MR) is 186 cm³/mol. The minimum absolute atomic E-state index is 0.118. The summed E-state index contributed by atoms with van der Waals surface area (Å²) < 4.78 is 0. The SMILES string of the molecule is O=C(c1ccccc1)c1cc2cc3cc4cc5ccccc5cc4cc3cc2c(C(=O)c2ccccc2)c1C(=O)c1ccccc1. The highest BCUT2D eigenvalue weighted by molar-refractivity contribution is 6.30. The number of hydrogen-bond donors (Lipinski definition) is 0. The predicted octanol–water partition coefficient (Wildman–Crippen LogP) is 9.99. The van der Waals surface area contributed by atoms with Gasteiger partial charge in [-0.1, -0.05) is 115 Å². The number of carbonyl (C=O) groups excluding carboxylic acids is 3. The first-order valence-corrected chi connectivity index (χ1v) is 15.2. The highest BCUT2D eigenvalue weighted by atomic mass is 16.1. The topological polar surface area (TPSA) is 51.2 Å². The van der Waals surface area contributed by atoms with Crippen molar-refractivity contribution in [3.8, 4) is 0 Å². The van der Waals surface area contributed by atoms with Crippen molar-refractivity contribution in [3.05, 3.63) is 191 Å². The maximum absolute atomic E-state index is 14.6. The minimum atomic E-state index is -0.369. The van der Waals surface area contributed by atoms with Crippen molar-refractivity contribution >= 4 is 60.4 Å². The summed E-state index contributed by atoms with van der Waals surface area (Å²) in [6, 6.07) is 49.4. The van der Waals surface area contributed by atoms with Crippen LogP contribution < -0.4 is 0 Å². The van der Waals surface area contributed by atoms with Crippen molar-refractivity contribution in [3.63, 3.8) is 0 Å². The van der Waals surface area contributed by atoms with Crippen molar-refractivity contribution in [1.29, 1.82) is 0 Å². The van der Waals surface area contributed by atoms with E-state index in [1.807, 2.05) is 42.5 Å². The third-order valence-corrected chi connectivity index (χ3v) is 8.72. The molecule has 0 radical (unpaired) electrons. The van der Waals surface area contributed by atoms with E-state index in [0.29, 0.717) is 22.1 Å². The lowest BCUT2D eigenvalue weighted by Gasteiger charge is -2.18. The Morgan fingerprint density at radius 1 is 0.304 bits per heavy atom. The number of fused-ring (bicyclic) bond motifs is 4. The standard InChI is InChI=1S/C43H26O3/c44-41(27-12-4-1-5-13-27)38-26-36-24-34-22-32-20-30-18-10-11-19-31(30)21-33(32)23-35(34)25-37(36)39(42(45)28-14-6-2-7-15-28)40(38)43(46)29-16-8-3-9-17-29/h1-26H. The van der Waals surface area contributed by atoms with Crippen LogP contribution in [0.3, 0.4) is 0 Å². The van der Waals surface area contributed by atoms with Gasteiger partial charge in [0.25, 0.3) is 0 Å². The Morgan fingerprint density at radius 2 is 0.674 bits per heavy atom. The van der Waals surface area contributed by atoms with E-state index in [9.17, 15) is 14.4 Å².